The molecule has 4 aromatic rings. The number of anilines is 2. The van der Waals surface area contributed by atoms with Crippen LogP contribution in [-0.4, -0.2) is 6.03 Å². The van der Waals surface area contributed by atoms with E-state index in [1.54, 1.807) is 11.3 Å². The van der Waals surface area contributed by atoms with Crippen LogP contribution in [0.5, 0.6) is 0 Å². The zero-order valence-electron chi connectivity index (χ0n) is 20.7. The van der Waals surface area contributed by atoms with Gasteiger partial charge in [0, 0.05) is 31.9 Å². The third-order valence-electron chi connectivity index (χ3n) is 6.88. The average molecular weight is 503 g/mol. The first-order valence-corrected chi connectivity index (χ1v) is 13.6. The second-order valence-electron chi connectivity index (χ2n) is 9.96. The Morgan fingerprint density at radius 2 is 1.54 bits per heavy atom. The second-order valence-corrected chi connectivity index (χ2v) is 11.4. The van der Waals surface area contributed by atoms with Crippen LogP contribution in [0, 0.1) is 0 Å². The molecule has 35 heavy (non-hydrogen) atoms. The highest BCUT2D eigenvalue weighted by Gasteiger charge is 2.22. The van der Waals surface area contributed by atoms with Gasteiger partial charge in [-0.05, 0) is 71.6 Å². The second kappa shape index (κ2) is 9.67. The quantitative estimate of drug-likeness (QED) is 0.280. The van der Waals surface area contributed by atoms with Gasteiger partial charge in [0.25, 0.3) is 0 Å². The van der Waals surface area contributed by atoms with Crippen LogP contribution in [0.3, 0.4) is 0 Å². The number of amides is 2. The number of nitrogens with one attached hydrogen (secondary N) is 2. The zero-order valence-corrected chi connectivity index (χ0v) is 22.2. The molecular formula is C30H31ClN2OS. The van der Waals surface area contributed by atoms with Crippen LogP contribution in [-0.2, 0) is 12.8 Å². The van der Waals surface area contributed by atoms with Gasteiger partial charge in [0.1, 0.15) is 5.00 Å². The average Bonchev–Trinajstić information content (AvgIpc) is 3.40. The maximum Gasteiger partial charge on any atom is 0.324 e. The lowest BCUT2D eigenvalue weighted by Gasteiger charge is -2.20. The zero-order chi connectivity index (χ0) is 24.7. The lowest BCUT2D eigenvalue weighted by atomic mass is 9.93. The topological polar surface area (TPSA) is 41.1 Å². The Morgan fingerprint density at radius 3 is 2.20 bits per heavy atom. The number of thiophene rings is 1. The first-order valence-electron chi connectivity index (χ1n) is 12.4. The molecule has 180 valence electrons. The predicted molar refractivity (Wildman–Crippen MR) is 152 cm³/mol. The maximum atomic E-state index is 13.4. The predicted octanol–water partition coefficient (Wildman–Crippen LogP) is 9.60. The molecule has 0 spiro atoms. The number of fused-ring (bicyclic) bond motifs is 2. The summed E-state index contributed by atoms with van der Waals surface area (Å²) in [5.74, 6) is 0.601. The van der Waals surface area contributed by atoms with E-state index in [9.17, 15) is 4.79 Å². The summed E-state index contributed by atoms with van der Waals surface area (Å²) in [6.45, 7) is 8.62. The molecule has 3 aromatic carbocycles. The van der Waals surface area contributed by atoms with Crippen LogP contribution in [0.2, 0.25) is 5.02 Å². The van der Waals surface area contributed by atoms with Gasteiger partial charge < -0.3 is 5.32 Å². The van der Waals surface area contributed by atoms with Crippen LogP contribution in [0.1, 0.15) is 68.2 Å². The Hall–Kier alpha value is -2.82. The Labute approximate surface area is 216 Å². The molecule has 0 aliphatic heterocycles. The first kappa shape index (κ1) is 23.9. The van der Waals surface area contributed by atoms with Crippen molar-refractivity contribution in [3.05, 3.63) is 81.9 Å². The van der Waals surface area contributed by atoms with Crippen molar-refractivity contribution in [1.82, 2.24) is 0 Å². The van der Waals surface area contributed by atoms with Gasteiger partial charge in [-0.3, -0.25) is 5.32 Å². The number of urea groups is 1. The summed E-state index contributed by atoms with van der Waals surface area (Å²) in [5, 5.41) is 9.05. The van der Waals surface area contributed by atoms with Crippen LogP contribution in [0.25, 0.3) is 21.2 Å². The molecule has 0 saturated carbocycles. The molecule has 1 aliphatic rings. The van der Waals surface area contributed by atoms with Crippen molar-refractivity contribution in [1.29, 1.82) is 0 Å². The summed E-state index contributed by atoms with van der Waals surface area (Å²) >= 11 is 8.28. The summed E-state index contributed by atoms with van der Waals surface area (Å²) in [6, 6.07) is 18.5. The molecule has 5 rings (SSSR count). The van der Waals surface area contributed by atoms with Crippen LogP contribution >= 0.6 is 22.9 Å². The van der Waals surface area contributed by atoms with Crippen molar-refractivity contribution in [2.24, 2.45) is 0 Å². The molecule has 0 atom stereocenters. The number of aryl methyl sites for hydroxylation is 2. The highest BCUT2D eigenvalue weighted by molar-refractivity contribution is 7.23. The minimum Gasteiger partial charge on any atom is -0.307 e. The highest BCUT2D eigenvalue weighted by atomic mass is 35.5. The standard InChI is InChI=1S/C30H31ClN2OS/c1-17(2)21-12-8-13-22(18(3)4)28(21)32-30(34)33-29-27(23-11-5-6-14-25(23)31)24-15-19-9-7-10-20(19)16-26(24)35-29/h5-6,8,11-18H,7,9-10H2,1-4H3,(H2,32,33,34). The maximum absolute atomic E-state index is 13.4. The van der Waals surface area contributed by atoms with Gasteiger partial charge >= 0.3 is 6.03 Å². The number of benzene rings is 3. The van der Waals surface area contributed by atoms with Crippen LogP contribution in [0.15, 0.2) is 54.6 Å². The number of hydrogen-bond donors (Lipinski definition) is 2. The van der Waals surface area contributed by atoms with E-state index in [2.05, 4.69) is 68.7 Å². The molecule has 2 amide bonds. The van der Waals surface area contributed by atoms with E-state index in [1.165, 1.54) is 22.2 Å². The van der Waals surface area contributed by atoms with E-state index in [1.807, 2.05) is 24.3 Å². The van der Waals surface area contributed by atoms with E-state index in [0.29, 0.717) is 16.9 Å². The number of carbonyl (C=O) groups excluding carboxylic acids is 1. The summed E-state index contributed by atoms with van der Waals surface area (Å²) < 4.78 is 1.18. The minimum absolute atomic E-state index is 0.229. The molecule has 1 heterocycles. The fraction of sp³-hybridized carbons (Fsp3) is 0.300. The van der Waals surface area contributed by atoms with E-state index in [4.69, 9.17) is 11.6 Å². The van der Waals surface area contributed by atoms with Crippen molar-refractivity contribution in [3.8, 4) is 11.1 Å². The number of para-hydroxylation sites is 1. The fourth-order valence-electron chi connectivity index (χ4n) is 5.13. The number of carbonyl (C=O) groups is 1. The number of rotatable bonds is 5. The third kappa shape index (κ3) is 4.57. The summed E-state index contributed by atoms with van der Waals surface area (Å²) in [6.07, 6.45) is 3.43. The highest BCUT2D eigenvalue weighted by Crippen LogP contribution is 2.46. The normalized spacial score (nSPS) is 13.0. The molecule has 3 nitrogen and oxygen atoms in total. The minimum atomic E-state index is -0.229. The van der Waals surface area contributed by atoms with Crippen molar-refractivity contribution in [2.75, 3.05) is 10.6 Å². The first-order chi connectivity index (χ1) is 16.8. The largest absolute Gasteiger partial charge is 0.324 e. The Bertz CT molecular complexity index is 1390. The molecular weight excluding hydrogens is 472 g/mol. The summed E-state index contributed by atoms with van der Waals surface area (Å²) in [5.41, 5.74) is 7.98. The Morgan fingerprint density at radius 1 is 0.886 bits per heavy atom. The molecule has 1 aliphatic carbocycles. The molecule has 0 fully saturated rings. The van der Waals surface area contributed by atoms with Crippen LogP contribution < -0.4 is 10.6 Å². The lowest BCUT2D eigenvalue weighted by Crippen LogP contribution is -2.21. The molecule has 1 aromatic heterocycles. The van der Waals surface area contributed by atoms with Crippen molar-refractivity contribution >= 4 is 49.7 Å². The lowest BCUT2D eigenvalue weighted by molar-refractivity contribution is 0.262. The van der Waals surface area contributed by atoms with Gasteiger partial charge in [-0.1, -0.05) is 75.7 Å². The molecule has 0 saturated heterocycles. The van der Waals surface area contributed by atoms with E-state index in [0.717, 1.165) is 51.2 Å². The smallest absolute Gasteiger partial charge is 0.307 e. The molecule has 2 N–H and O–H groups in total. The van der Waals surface area contributed by atoms with E-state index in [-0.39, 0.29) is 6.03 Å². The molecule has 0 radical (unpaired) electrons. The summed E-state index contributed by atoms with van der Waals surface area (Å²) in [4.78, 5) is 13.4. The monoisotopic (exact) mass is 502 g/mol. The molecule has 0 unspecified atom stereocenters. The van der Waals surface area contributed by atoms with Gasteiger partial charge in [-0.15, -0.1) is 11.3 Å². The van der Waals surface area contributed by atoms with Gasteiger partial charge in [-0.25, -0.2) is 4.79 Å². The van der Waals surface area contributed by atoms with Crippen molar-refractivity contribution < 1.29 is 4.79 Å². The van der Waals surface area contributed by atoms with Gasteiger partial charge in [0.2, 0.25) is 0 Å². The van der Waals surface area contributed by atoms with Crippen molar-refractivity contribution in [2.45, 2.75) is 58.8 Å². The number of hydrogen-bond acceptors (Lipinski definition) is 2. The third-order valence-corrected chi connectivity index (χ3v) is 8.28. The summed E-state index contributed by atoms with van der Waals surface area (Å²) in [7, 11) is 0. The molecule has 5 heteroatoms. The fourth-order valence-corrected chi connectivity index (χ4v) is 6.52. The van der Waals surface area contributed by atoms with Gasteiger partial charge in [0.15, 0.2) is 0 Å². The van der Waals surface area contributed by atoms with E-state index < -0.39 is 0 Å². The van der Waals surface area contributed by atoms with Gasteiger partial charge in [0.05, 0.1) is 0 Å². The van der Waals surface area contributed by atoms with Crippen molar-refractivity contribution in [3.63, 3.8) is 0 Å². The van der Waals surface area contributed by atoms with Gasteiger partial charge in [-0.2, -0.15) is 0 Å². The SMILES string of the molecule is CC(C)c1cccc(C(C)C)c1NC(=O)Nc1sc2cc3c(cc2c1-c1ccccc1Cl)CCC3. The molecule has 0 bridgehead atoms. The van der Waals surface area contributed by atoms with Crippen LogP contribution in [0.4, 0.5) is 15.5 Å². The number of halogens is 1. The Kier molecular flexibility index (Phi) is 6.61. The Balaban J connectivity index is 1.57. The van der Waals surface area contributed by atoms with E-state index >= 15 is 0 Å².